The molecular weight excluding hydrogens is 248 g/mol. The number of ether oxygens (including phenoxy) is 1. The first-order valence-electron chi connectivity index (χ1n) is 7.89. The number of benzene rings is 1. The maximum absolute atomic E-state index is 5.46. The zero-order valence-electron chi connectivity index (χ0n) is 13.5. The van der Waals surface area contributed by atoms with Crippen molar-refractivity contribution in [1.82, 2.24) is 10.2 Å². The van der Waals surface area contributed by atoms with Gasteiger partial charge in [-0.25, -0.2) is 0 Å². The summed E-state index contributed by atoms with van der Waals surface area (Å²) < 4.78 is 5.46. The van der Waals surface area contributed by atoms with E-state index in [4.69, 9.17) is 4.74 Å². The number of nitrogens with zero attached hydrogens (tertiary/aromatic N) is 1. The first-order valence-corrected chi connectivity index (χ1v) is 7.89. The molecule has 3 nitrogen and oxygen atoms in total. The fourth-order valence-corrected chi connectivity index (χ4v) is 2.30. The van der Waals surface area contributed by atoms with Gasteiger partial charge in [0.15, 0.2) is 0 Å². The second-order valence-electron chi connectivity index (χ2n) is 5.06. The van der Waals surface area contributed by atoms with E-state index in [2.05, 4.69) is 43.1 Å². The van der Waals surface area contributed by atoms with Crippen LogP contribution in [-0.4, -0.2) is 37.7 Å². The summed E-state index contributed by atoms with van der Waals surface area (Å²) in [6.07, 6.45) is 1.20. The summed E-state index contributed by atoms with van der Waals surface area (Å²) in [6.45, 7) is 13.9. The Balaban J connectivity index is 2.29. The van der Waals surface area contributed by atoms with Gasteiger partial charge in [-0.3, -0.25) is 0 Å². The number of rotatable bonds is 10. The maximum Gasteiger partial charge on any atom is 0.119 e. The van der Waals surface area contributed by atoms with Crippen molar-refractivity contribution in [2.45, 2.75) is 40.2 Å². The van der Waals surface area contributed by atoms with Crippen LogP contribution < -0.4 is 10.1 Å². The van der Waals surface area contributed by atoms with E-state index in [1.807, 2.05) is 19.1 Å². The van der Waals surface area contributed by atoms with Crippen molar-refractivity contribution in [3.63, 3.8) is 0 Å². The minimum absolute atomic E-state index is 0.391. The highest BCUT2D eigenvalue weighted by Crippen LogP contribution is 2.17. The van der Waals surface area contributed by atoms with E-state index in [-0.39, 0.29) is 0 Å². The number of nitrogens with one attached hydrogen (secondary N) is 1. The van der Waals surface area contributed by atoms with Crippen LogP contribution in [0.4, 0.5) is 0 Å². The Morgan fingerprint density at radius 2 is 1.75 bits per heavy atom. The average molecular weight is 278 g/mol. The molecule has 1 aromatic rings. The van der Waals surface area contributed by atoms with Gasteiger partial charge >= 0.3 is 0 Å². The highest BCUT2D eigenvalue weighted by atomic mass is 16.5. The van der Waals surface area contributed by atoms with Gasteiger partial charge in [-0.05, 0) is 64.1 Å². The zero-order valence-corrected chi connectivity index (χ0v) is 13.5. The smallest absolute Gasteiger partial charge is 0.119 e. The summed E-state index contributed by atoms with van der Waals surface area (Å²) in [5.41, 5.74) is 1.32. The van der Waals surface area contributed by atoms with Gasteiger partial charge in [0.1, 0.15) is 5.75 Å². The molecule has 3 heteroatoms. The van der Waals surface area contributed by atoms with E-state index in [1.54, 1.807) is 0 Å². The van der Waals surface area contributed by atoms with Gasteiger partial charge in [-0.2, -0.15) is 0 Å². The largest absolute Gasteiger partial charge is 0.494 e. The van der Waals surface area contributed by atoms with Gasteiger partial charge < -0.3 is 15.0 Å². The molecule has 0 bridgehead atoms. The molecule has 0 aliphatic carbocycles. The summed E-state index contributed by atoms with van der Waals surface area (Å²) in [5.74, 6) is 0.949. The Kier molecular flexibility index (Phi) is 8.31. The summed E-state index contributed by atoms with van der Waals surface area (Å²) in [4.78, 5) is 2.46. The highest BCUT2D eigenvalue weighted by molar-refractivity contribution is 5.28. The maximum atomic E-state index is 5.46. The first kappa shape index (κ1) is 17.0. The predicted octanol–water partition coefficient (Wildman–Crippen LogP) is 3.47. The van der Waals surface area contributed by atoms with E-state index in [0.29, 0.717) is 6.04 Å². The van der Waals surface area contributed by atoms with E-state index < -0.39 is 0 Å². The molecule has 0 aliphatic rings. The highest BCUT2D eigenvalue weighted by Gasteiger charge is 2.05. The second kappa shape index (κ2) is 9.78. The lowest BCUT2D eigenvalue weighted by Crippen LogP contribution is -2.28. The van der Waals surface area contributed by atoms with Gasteiger partial charge in [0.25, 0.3) is 0 Å². The minimum Gasteiger partial charge on any atom is -0.494 e. The van der Waals surface area contributed by atoms with Crippen LogP contribution in [0.15, 0.2) is 24.3 Å². The number of hydrogen-bond donors (Lipinski definition) is 1. The molecule has 1 rings (SSSR count). The van der Waals surface area contributed by atoms with Crippen LogP contribution in [0.3, 0.4) is 0 Å². The van der Waals surface area contributed by atoms with E-state index in [1.165, 1.54) is 18.5 Å². The van der Waals surface area contributed by atoms with Crippen molar-refractivity contribution in [2.24, 2.45) is 0 Å². The molecule has 1 aromatic carbocycles. The Morgan fingerprint density at radius 3 is 2.30 bits per heavy atom. The van der Waals surface area contributed by atoms with Gasteiger partial charge in [0, 0.05) is 6.04 Å². The van der Waals surface area contributed by atoms with E-state index >= 15 is 0 Å². The van der Waals surface area contributed by atoms with Crippen LogP contribution in [0.25, 0.3) is 0 Å². The number of hydrogen-bond acceptors (Lipinski definition) is 3. The zero-order chi connectivity index (χ0) is 14.8. The standard InChI is InChI=1S/C17H30N2O/c1-5-19(6-2)14-8-13-18-15(4)16-9-11-17(12-10-16)20-7-3/h9-12,15,18H,5-8,13-14H2,1-4H3. The summed E-state index contributed by atoms with van der Waals surface area (Å²) >= 11 is 0. The Labute approximate surface area is 124 Å². The Morgan fingerprint density at radius 1 is 1.10 bits per heavy atom. The van der Waals surface area contributed by atoms with Crippen LogP contribution in [0.2, 0.25) is 0 Å². The molecule has 0 spiro atoms. The van der Waals surface area contributed by atoms with Crippen LogP contribution in [0, 0.1) is 0 Å². The van der Waals surface area contributed by atoms with E-state index in [9.17, 15) is 0 Å². The lowest BCUT2D eigenvalue weighted by atomic mass is 10.1. The average Bonchev–Trinajstić information content (AvgIpc) is 2.48. The van der Waals surface area contributed by atoms with Crippen LogP contribution in [-0.2, 0) is 0 Å². The summed E-state index contributed by atoms with van der Waals surface area (Å²) in [7, 11) is 0. The van der Waals surface area contributed by atoms with Crippen LogP contribution in [0.5, 0.6) is 5.75 Å². The topological polar surface area (TPSA) is 24.5 Å². The molecular formula is C17H30N2O. The third-order valence-corrected chi connectivity index (χ3v) is 3.69. The molecule has 0 saturated carbocycles. The Hall–Kier alpha value is -1.06. The van der Waals surface area contributed by atoms with Crippen molar-refractivity contribution in [2.75, 3.05) is 32.8 Å². The molecule has 1 N–H and O–H groups in total. The van der Waals surface area contributed by atoms with Crippen molar-refractivity contribution in [3.05, 3.63) is 29.8 Å². The molecule has 0 aromatic heterocycles. The quantitative estimate of drug-likeness (QED) is 0.663. The fourth-order valence-electron chi connectivity index (χ4n) is 2.30. The molecule has 1 atom stereocenters. The molecule has 0 aliphatic heterocycles. The van der Waals surface area contributed by atoms with Gasteiger partial charge in [-0.15, -0.1) is 0 Å². The molecule has 114 valence electrons. The van der Waals surface area contributed by atoms with Gasteiger partial charge in [-0.1, -0.05) is 26.0 Å². The third-order valence-electron chi connectivity index (χ3n) is 3.69. The molecule has 0 amide bonds. The normalized spacial score (nSPS) is 12.7. The van der Waals surface area contributed by atoms with Gasteiger partial charge in [0.05, 0.1) is 6.61 Å². The molecule has 0 saturated heterocycles. The van der Waals surface area contributed by atoms with Crippen LogP contribution >= 0.6 is 0 Å². The first-order chi connectivity index (χ1) is 9.71. The molecule has 0 fully saturated rings. The lowest BCUT2D eigenvalue weighted by molar-refractivity contribution is 0.296. The molecule has 0 heterocycles. The monoisotopic (exact) mass is 278 g/mol. The minimum atomic E-state index is 0.391. The Bertz CT molecular complexity index is 347. The van der Waals surface area contributed by atoms with E-state index in [0.717, 1.165) is 32.0 Å². The predicted molar refractivity (Wildman–Crippen MR) is 86.4 cm³/mol. The summed E-state index contributed by atoms with van der Waals surface area (Å²) in [5, 5.41) is 3.59. The van der Waals surface area contributed by atoms with Crippen molar-refractivity contribution >= 4 is 0 Å². The third kappa shape index (κ3) is 5.93. The molecule has 20 heavy (non-hydrogen) atoms. The second-order valence-corrected chi connectivity index (χ2v) is 5.06. The lowest BCUT2D eigenvalue weighted by Gasteiger charge is -2.19. The van der Waals surface area contributed by atoms with Gasteiger partial charge in [0.2, 0.25) is 0 Å². The van der Waals surface area contributed by atoms with Crippen molar-refractivity contribution in [3.8, 4) is 5.75 Å². The molecule has 1 unspecified atom stereocenters. The summed E-state index contributed by atoms with van der Waals surface area (Å²) in [6, 6.07) is 8.78. The SMILES string of the molecule is CCOc1ccc(C(C)NCCCN(CC)CC)cc1. The van der Waals surface area contributed by atoms with Crippen molar-refractivity contribution in [1.29, 1.82) is 0 Å². The molecule has 0 radical (unpaired) electrons. The van der Waals surface area contributed by atoms with Crippen molar-refractivity contribution < 1.29 is 4.74 Å². The fraction of sp³-hybridized carbons (Fsp3) is 0.647. The van der Waals surface area contributed by atoms with Crippen LogP contribution in [0.1, 0.15) is 45.7 Å².